The van der Waals surface area contributed by atoms with E-state index >= 15 is 0 Å². The fourth-order valence-electron chi connectivity index (χ4n) is 0.563. The van der Waals surface area contributed by atoms with Crippen molar-refractivity contribution in [3.05, 3.63) is 0 Å². The highest BCUT2D eigenvalue weighted by molar-refractivity contribution is 5.57. The van der Waals surface area contributed by atoms with Crippen LogP contribution in [0.25, 0.3) is 0 Å². The van der Waals surface area contributed by atoms with Gasteiger partial charge in [-0.1, -0.05) is 6.92 Å². The van der Waals surface area contributed by atoms with Gasteiger partial charge in [-0.25, -0.2) is 0 Å². The van der Waals surface area contributed by atoms with Crippen LogP contribution in [0, 0.1) is 0 Å². The van der Waals surface area contributed by atoms with Gasteiger partial charge in [0.2, 0.25) is 0 Å². The molecule has 3 heteroatoms. The normalized spacial score (nSPS) is 16.8. The molecule has 0 bridgehead atoms. The van der Waals surface area contributed by atoms with E-state index in [2.05, 4.69) is 5.32 Å². The van der Waals surface area contributed by atoms with Crippen molar-refractivity contribution < 1.29 is 9.90 Å². The van der Waals surface area contributed by atoms with Crippen LogP contribution in [0.2, 0.25) is 0 Å². The molecule has 3 nitrogen and oxygen atoms in total. The number of carbonyl (C=O) groups excluding carboxylic acids is 1. The van der Waals surface area contributed by atoms with Gasteiger partial charge in [0.15, 0.2) is 0 Å². The van der Waals surface area contributed by atoms with Gasteiger partial charge >= 0.3 is 0 Å². The molecule has 0 fully saturated rings. The quantitative estimate of drug-likeness (QED) is 0.413. The number of rotatable bonds is 4. The smallest absolute Gasteiger partial charge is 0.136 e. The summed E-state index contributed by atoms with van der Waals surface area (Å²) in [6, 6.07) is -0.204. The third kappa shape index (κ3) is 4.12. The molecule has 0 saturated heterocycles. The number of hydrogen-bond donors (Lipinski definition) is 2. The van der Waals surface area contributed by atoms with Gasteiger partial charge in [0.25, 0.3) is 0 Å². The first kappa shape index (κ1) is 8.59. The SMILES string of the molecule is CCC(C=O)NC(C)O. The first-order valence-electron chi connectivity index (χ1n) is 3.10. The van der Waals surface area contributed by atoms with Crippen molar-refractivity contribution in [1.29, 1.82) is 0 Å². The Labute approximate surface area is 55.1 Å². The molecule has 0 rings (SSSR count). The Morgan fingerprint density at radius 2 is 2.33 bits per heavy atom. The van der Waals surface area contributed by atoms with Crippen LogP contribution < -0.4 is 5.32 Å². The van der Waals surface area contributed by atoms with E-state index in [-0.39, 0.29) is 6.04 Å². The fourth-order valence-corrected chi connectivity index (χ4v) is 0.563. The standard InChI is InChI=1S/C6H13NO2/c1-3-6(4-8)7-5(2)9/h4-7,9H,3H2,1-2H3. The molecule has 9 heavy (non-hydrogen) atoms. The first-order chi connectivity index (χ1) is 4.20. The minimum absolute atomic E-state index is 0.204. The van der Waals surface area contributed by atoms with Crippen LogP contribution >= 0.6 is 0 Å². The van der Waals surface area contributed by atoms with Crippen molar-refractivity contribution in [3.8, 4) is 0 Å². The summed E-state index contributed by atoms with van der Waals surface area (Å²) in [6.07, 6.45) is 0.918. The Morgan fingerprint density at radius 3 is 2.44 bits per heavy atom. The predicted molar refractivity (Wildman–Crippen MR) is 35.0 cm³/mol. The molecule has 0 aromatic carbocycles. The van der Waals surface area contributed by atoms with Crippen LogP contribution in [0.5, 0.6) is 0 Å². The van der Waals surface area contributed by atoms with Gasteiger partial charge in [-0.2, -0.15) is 0 Å². The second kappa shape index (κ2) is 4.47. The minimum atomic E-state index is -0.597. The second-order valence-electron chi connectivity index (χ2n) is 1.99. The van der Waals surface area contributed by atoms with Crippen LogP contribution in [0.1, 0.15) is 20.3 Å². The molecular weight excluding hydrogens is 118 g/mol. The molecule has 0 aromatic heterocycles. The molecule has 54 valence electrons. The molecule has 0 aliphatic rings. The zero-order chi connectivity index (χ0) is 7.28. The zero-order valence-corrected chi connectivity index (χ0v) is 5.79. The van der Waals surface area contributed by atoms with Crippen LogP contribution in [0.15, 0.2) is 0 Å². The van der Waals surface area contributed by atoms with Crippen molar-refractivity contribution in [3.63, 3.8) is 0 Å². The lowest BCUT2D eigenvalue weighted by atomic mass is 10.2. The number of aliphatic hydroxyl groups is 1. The largest absolute Gasteiger partial charge is 0.379 e. The number of aldehydes is 1. The molecule has 0 aromatic rings. The third-order valence-electron chi connectivity index (χ3n) is 1.06. The first-order valence-corrected chi connectivity index (χ1v) is 3.10. The van der Waals surface area contributed by atoms with Gasteiger partial charge in [0.05, 0.1) is 6.04 Å². The Morgan fingerprint density at radius 1 is 1.78 bits per heavy atom. The van der Waals surface area contributed by atoms with Gasteiger partial charge in [-0.05, 0) is 13.3 Å². The van der Waals surface area contributed by atoms with Gasteiger partial charge < -0.3 is 9.90 Å². The Kier molecular flexibility index (Phi) is 4.26. The van der Waals surface area contributed by atoms with Crippen LogP contribution in [0.4, 0.5) is 0 Å². The molecule has 2 unspecified atom stereocenters. The summed E-state index contributed by atoms with van der Waals surface area (Å²) in [5.74, 6) is 0. The van der Waals surface area contributed by atoms with Crippen molar-refractivity contribution in [1.82, 2.24) is 5.32 Å². The average molecular weight is 131 g/mol. The number of hydrogen-bond acceptors (Lipinski definition) is 3. The summed E-state index contributed by atoms with van der Waals surface area (Å²) in [4.78, 5) is 10.1. The molecule has 0 aliphatic heterocycles. The molecule has 0 aliphatic carbocycles. The molecular formula is C6H13NO2. The van der Waals surface area contributed by atoms with Crippen molar-refractivity contribution >= 4 is 6.29 Å². The monoisotopic (exact) mass is 131 g/mol. The van der Waals surface area contributed by atoms with E-state index in [1.54, 1.807) is 6.92 Å². The maximum absolute atomic E-state index is 10.1. The van der Waals surface area contributed by atoms with Gasteiger partial charge in [-0.3, -0.25) is 5.32 Å². The van der Waals surface area contributed by atoms with Gasteiger partial charge in [0, 0.05) is 0 Å². The van der Waals surface area contributed by atoms with Gasteiger partial charge in [-0.15, -0.1) is 0 Å². The summed E-state index contributed by atoms with van der Waals surface area (Å²) < 4.78 is 0. The Bertz CT molecular complexity index is 83.1. The minimum Gasteiger partial charge on any atom is -0.379 e. The Balaban J connectivity index is 3.42. The zero-order valence-electron chi connectivity index (χ0n) is 5.79. The lowest BCUT2D eigenvalue weighted by molar-refractivity contribution is -0.110. The van der Waals surface area contributed by atoms with E-state index in [4.69, 9.17) is 5.11 Å². The van der Waals surface area contributed by atoms with E-state index in [0.717, 1.165) is 6.29 Å². The fraction of sp³-hybridized carbons (Fsp3) is 0.833. The van der Waals surface area contributed by atoms with E-state index in [0.29, 0.717) is 6.42 Å². The van der Waals surface area contributed by atoms with E-state index in [1.807, 2.05) is 6.92 Å². The highest BCUT2D eigenvalue weighted by Crippen LogP contribution is 1.86. The maximum atomic E-state index is 10.1. The lowest BCUT2D eigenvalue weighted by Gasteiger charge is -2.11. The van der Waals surface area contributed by atoms with E-state index < -0.39 is 6.23 Å². The van der Waals surface area contributed by atoms with Crippen LogP contribution in [0.3, 0.4) is 0 Å². The predicted octanol–water partition coefficient (Wildman–Crippen LogP) is -0.108. The topological polar surface area (TPSA) is 49.3 Å². The van der Waals surface area contributed by atoms with Crippen molar-refractivity contribution in [2.24, 2.45) is 0 Å². The van der Waals surface area contributed by atoms with Crippen LogP contribution in [-0.2, 0) is 4.79 Å². The summed E-state index contributed by atoms with van der Waals surface area (Å²) in [5, 5.41) is 11.4. The average Bonchev–Trinajstić information content (AvgIpc) is 1.82. The molecule has 2 N–H and O–H groups in total. The third-order valence-corrected chi connectivity index (χ3v) is 1.06. The number of carbonyl (C=O) groups is 1. The van der Waals surface area contributed by atoms with Crippen LogP contribution in [-0.4, -0.2) is 23.7 Å². The summed E-state index contributed by atoms with van der Waals surface area (Å²) in [5.41, 5.74) is 0. The highest BCUT2D eigenvalue weighted by atomic mass is 16.3. The van der Waals surface area contributed by atoms with Gasteiger partial charge in [0.1, 0.15) is 12.5 Å². The molecule has 0 heterocycles. The molecule has 0 spiro atoms. The lowest BCUT2D eigenvalue weighted by Crippen LogP contribution is -2.36. The second-order valence-corrected chi connectivity index (χ2v) is 1.99. The molecule has 0 saturated carbocycles. The summed E-state index contributed by atoms with van der Waals surface area (Å²) in [7, 11) is 0. The summed E-state index contributed by atoms with van der Waals surface area (Å²) in [6.45, 7) is 3.47. The van der Waals surface area contributed by atoms with Crippen molar-refractivity contribution in [2.75, 3.05) is 0 Å². The highest BCUT2D eigenvalue weighted by Gasteiger charge is 2.04. The molecule has 0 amide bonds. The Hall–Kier alpha value is -0.410. The number of aliphatic hydroxyl groups excluding tert-OH is 1. The number of nitrogens with one attached hydrogen (secondary N) is 1. The van der Waals surface area contributed by atoms with E-state index in [1.165, 1.54) is 0 Å². The maximum Gasteiger partial charge on any atom is 0.136 e. The van der Waals surface area contributed by atoms with Crippen molar-refractivity contribution in [2.45, 2.75) is 32.5 Å². The van der Waals surface area contributed by atoms with E-state index in [9.17, 15) is 4.79 Å². The molecule has 0 radical (unpaired) electrons. The molecule has 2 atom stereocenters. The summed E-state index contributed by atoms with van der Waals surface area (Å²) >= 11 is 0.